The molecule has 1 amide bonds. The lowest BCUT2D eigenvalue weighted by molar-refractivity contribution is 0.0745. The van der Waals surface area contributed by atoms with Crippen LogP contribution in [0.15, 0.2) is 46.9 Å². The number of nitrogens with zero attached hydrogens (tertiary/aromatic N) is 3. The highest BCUT2D eigenvalue weighted by Gasteiger charge is 2.25. The molecule has 7 heteroatoms. The van der Waals surface area contributed by atoms with Crippen LogP contribution in [0.1, 0.15) is 10.4 Å². The van der Waals surface area contributed by atoms with Crippen molar-refractivity contribution in [2.75, 3.05) is 31.1 Å². The quantitative estimate of drug-likeness (QED) is 0.676. The summed E-state index contributed by atoms with van der Waals surface area (Å²) in [6.07, 6.45) is 0. The lowest BCUT2D eigenvalue weighted by Gasteiger charge is -2.33. The van der Waals surface area contributed by atoms with E-state index < -0.39 is 0 Å². The molecule has 0 atom stereocenters. The van der Waals surface area contributed by atoms with Crippen molar-refractivity contribution in [3.05, 3.63) is 58.1 Å². The van der Waals surface area contributed by atoms with Crippen LogP contribution >= 0.6 is 23.2 Å². The number of rotatable bonds is 2. The topological polar surface area (TPSA) is 49.6 Å². The van der Waals surface area contributed by atoms with E-state index in [1.54, 1.807) is 23.1 Å². The molecule has 0 saturated carbocycles. The van der Waals surface area contributed by atoms with E-state index in [1.165, 1.54) is 0 Å². The summed E-state index contributed by atoms with van der Waals surface area (Å²) in [5.74, 6) is -0.0679. The molecule has 2 heterocycles. The first-order valence-electron chi connectivity index (χ1n) is 7.96. The Bertz CT molecular complexity index is 880. The van der Waals surface area contributed by atoms with Gasteiger partial charge in [-0.25, -0.2) is 0 Å². The van der Waals surface area contributed by atoms with Gasteiger partial charge in [-0.05, 0) is 30.3 Å². The summed E-state index contributed by atoms with van der Waals surface area (Å²) >= 11 is 12.0. The maximum Gasteiger partial charge on any atom is 0.298 e. The van der Waals surface area contributed by atoms with Crippen LogP contribution in [0.3, 0.4) is 0 Å². The van der Waals surface area contributed by atoms with Gasteiger partial charge < -0.3 is 14.2 Å². The van der Waals surface area contributed by atoms with E-state index in [4.69, 9.17) is 27.6 Å². The normalized spacial score (nSPS) is 15.0. The first-order valence-corrected chi connectivity index (χ1v) is 8.72. The summed E-state index contributed by atoms with van der Waals surface area (Å²) in [4.78, 5) is 21.0. The minimum absolute atomic E-state index is 0.0679. The molecule has 0 aliphatic carbocycles. The van der Waals surface area contributed by atoms with Crippen LogP contribution in [0.2, 0.25) is 10.0 Å². The van der Waals surface area contributed by atoms with Crippen LogP contribution in [-0.2, 0) is 0 Å². The van der Waals surface area contributed by atoms with E-state index in [1.807, 2.05) is 24.3 Å². The second-order valence-corrected chi connectivity index (χ2v) is 6.77. The second kappa shape index (κ2) is 6.58. The van der Waals surface area contributed by atoms with E-state index in [2.05, 4.69) is 9.88 Å². The maximum absolute atomic E-state index is 12.6. The van der Waals surface area contributed by atoms with Crippen molar-refractivity contribution >= 4 is 46.2 Å². The Morgan fingerprint density at radius 1 is 1.00 bits per heavy atom. The molecule has 25 heavy (non-hydrogen) atoms. The molecule has 0 radical (unpaired) electrons. The van der Waals surface area contributed by atoms with Gasteiger partial charge in [0.2, 0.25) is 0 Å². The highest BCUT2D eigenvalue weighted by Crippen LogP contribution is 2.24. The summed E-state index contributed by atoms with van der Waals surface area (Å²) in [6.45, 7) is 2.49. The molecule has 4 rings (SSSR count). The van der Waals surface area contributed by atoms with Gasteiger partial charge in [0, 0.05) is 41.8 Å². The van der Waals surface area contributed by atoms with Crippen LogP contribution in [0.25, 0.3) is 11.1 Å². The fourth-order valence-electron chi connectivity index (χ4n) is 2.96. The largest absolute Gasteiger partial charge is 0.423 e. The second-order valence-electron chi connectivity index (χ2n) is 5.90. The zero-order valence-corrected chi connectivity index (χ0v) is 14.8. The molecular formula is C18H15Cl2N3O2. The Kier molecular flexibility index (Phi) is 4.27. The molecule has 0 spiro atoms. The first kappa shape index (κ1) is 16.2. The third-order valence-electron chi connectivity index (χ3n) is 4.23. The van der Waals surface area contributed by atoms with Crippen molar-refractivity contribution in [2.24, 2.45) is 0 Å². The summed E-state index contributed by atoms with van der Waals surface area (Å²) in [6, 6.07) is 13.2. The number of aromatic nitrogens is 1. The average Bonchev–Trinajstić information content (AvgIpc) is 3.04. The van der Waals surface area contributed by atoms with Crippen LogP contribution in [0.5, 0.6) is 0 Å². The molecule has 1 aliphatic rings. The van der Waals surface area contributed by atoms with Crippen molar-refractivity contribution in [1.29, 1.82) is 0 Å². The number of hydrogen-bond donors (Lipinski definition) is 0. The molecule has 0 N–H and O–H groups in total. The fraction of sp³-hybridized carbons (Fsp3) is 0.222. The molecule has 1 saturated heterocycles. The fourth-order valence-corrected chi connectivity index (χ4v) is 3.48. The van der Waals surface area contributed by atoms with Gasteiger partial charge >= 0.3 is 0 Å². The number of piperazine rings is 1. The van der Waals surface area contributed by atoms with Crippen LogP contribution in [0, 0.1) is 0 Å². The van der Waals surface area contributed by atoms with Gasteiger partial charge in [-0.1, -0.05) is 35.3 Å². The zero-order valence-electron chi connectivity index (χ0n) is 13.3. The predicted molar refractivity (Wildman–Crippen MR) is 98.6 cm³/mol. The zero-order chi connectivity index (χ0) is 17.4. The van der Waals surface area contributed by atoms with Crippen LogP contribution < -0.4 is 4.90 Å². The monoisotopic (exact) mass is 375 g/mol. The molecule has 1 fully saturated rings. The van der Waals surface area contributed by atoms with E-state index in [0.29, 0.717) is 47.8 Å². The van der Waals surface area contributed by atoms with Crippen molar-refractivity contribution in [3.8, 4) is 0 Å². The van der Waals surface area contributed by atoms with Gasteiger partial charge in [0.15, 0.2) is 5.58 Å². The van der Waals surface area contributed by atoms with Crippen LogP contribution in [0.4, 0.5) is 6.01 Å². The molecule has 1 aromatic heterocycles. The molecule has 0 unspecified atom stereocenters. The number of halogens is 2. The third-order valence-corrected chi connectivity index (χ3v) is 4.67. The lowest BCUT2D eigenvalue weighted by atomic mass is 10.2. The number of carbonyl (C=O) groups is 1. The van der Waals surface area contributed by atoms with Gasteiger partial charge in [-0.3, -0.25) is 4.79 Å². The number of amides is 1. The number of anilines is 1. The Balaban J connectivity index is 1.46. The van der Waals surface area contributed by atoms with E-state index in [9.17, 15) is 4.79 Å². The van der Waals surface area contributed by atoms with E-state index in [-0.39, 0.29) is 5.91 Å². The standard InChI is InChI=1S/C18H15Cl2N3O2/c19-13-9-12(10-14(20)11-13)17(24)22-5-7-23(8-6-22)18-21-15-3-1-2-4-16(15)25-18/h1-4,9-11H,5-8H2. The number of fused-ring (bicyclic) bond motifs is 1. The highest BCUT2D eigenvalue weighted by molar-refractivity contribution is 6.35. The molecular weight excluding hydrogens is 361 g/mol. The maximum atomic E-state index is 12.6. The molecule has 0 bridgehead atoms. The number of hydrogen-bond acceptors (Lipinski definition) is 4. The molecule has 5 nitrogen and oxygen atoms in total. The van der Waals surface area contributed by atoms with Crippen LogP contribution in [-0.4, -0.2) is 42.0 Å². The SMILES string of the molecule is O=C(c1cc(Cl)cc(Cl)c1)N1CCN(c2nc3ccccc3o2)CC1. The van der Waals surface area contributed by atoms with Gasteiger partial charge in [0.25, 0.3) is 11.9 Å². The molecule has 1 aliphatic heterocycles. The molecule has 2 aromatic carbocycles. The molecule has 128 valence electrons. The van der Waals surface area contributed by atoms with Crippen molar-refractivity contribution in [1.82, 2.24) is 9.88 Å². The minimum atomic E-state index is -0.0679. The minimum Gasteiger partial charge on any atom is -0.423 e. The van der Waals surface area contributed by atoms with Gasteiger partial charge in [0.05, 0.1) is 0 Å². The average molecular weight is 376 g/mol. The Hall–Kier alpha value is -2.24. The summed E-state index contributed by atoms with van der Waals surface area (Å²) < 4.78 is 5.80. The summed E-state index contributed by atoms with van der Waals surface area (Å²) in [5.41, 5.74) is 2.11. The van der Waals surface area contributed by atoms with E-state index >= 15 is 0 Å². The van der Waals surface area contributed by atoms with Crippen molar-refractivity contribution < 1.29 is 9.21 Å². The number of oxazole rings is 1. The third kappa shape index (κ3) is 3.30. The first-order chi connectivity index (χ1) is 12.1. The number of carbonyl (C=O) groups excluding carboxylic acids is 1. The highest BCUT2D eigenvalue weighted by atomic mass is 35.5. The van der Waals surface area contributed by atoms with Crippen molar-refractivity contribution in [3.63, 3.8) is 0 Å². The van der Waals surface area contributed by atoms with Gasteiger partial charge in [-0.15, -0.1) is 0 Å². The summed E-state index contributed by atoms with van der Waals surface area (Å²) in [5, 5.41) is 0.918. The summed E-state index contributed by atoms with van der Waals surface area (Å²) in [7, 11) is 0. The smallest absolute Gasteiger partial charge is 0.298 e. The number of para-hydroxylation sites is 2. The number of benzene rings is 2. The Labute approximate surface area is 154 Å². The van der Waals surface area contributed by atoms with Crippen molar-refractivity contribution in [2.45, 2.75) is 0 Å². The predicted octanol–water partition coefficient (Wildman–Crippen LogP) is 4.10. The van der Waals surface area contributed by atoms with E-state index in [0.717, 1.165) is 11.1 Å². The van der Waals surface area contributed by atoms with Gasteiger partial charge in [0.1, 0.15) is 5.52 Å². The van der Waals surface area contributed by atoms with Gasteiger partial charge in [-0.2, -0.15) is 4.98 Å². The Morgan fingerprint density at radius 3 is 2.36 bits per heavy atom. The lowest BCUT2D eigenvalue weighted by Crippen LogP contribution is -2.48. The Morgan fingerprint density at radius 2 is 1.68 bits per heavy atom. The molecule has 3 aromatic rings.